The first-order chi connectivity index (χ1) is 18.0. The molecule has 0 spiro atoms. The smallest absolute Gasteiger partial charge is 0.381 e. The van der Waals surface area contributed by atoms with Gasteiger partial charge in [0.15, 0.2) is 17.2 Å². The number of nitrogens with one attached hydrogen (secondary N) is 1. The molecule has 3 fully saturated rings. The number of rotatable bonds is 4. The highest BCUT2D eigenvalue weighted by Crippen LogP contribution is 2.44. The van der Waals surface area contributed by atoms with E-state index in [-0.39, 0.29) is 35.0 Å². The predicted molar refractivity (Wildman–Crippen MR) is 123 cm³/mol. The van der Waals surface area contributed by atoms with E-state index in [0.717, 1.165) is 17.5 Å². The number of aromatic nitrogens is 5. The van der Waals surface area contributed by atoms with Crippen LogP contribution in [-0.2, 0) is 15.7 Å². The Morgan fingerprint density at radius 3 is 2.69 bits per heavy atom. The van der Waals surface area contributed by atoms with Gasteiger partial charge in [0.2, 0.25) is 0 Å². The normalized spacial score (nSPS) is 28.9. The van der Waals surface area contributed by atoms with Crippen LogP contribution >= 0.6 is 0 Å². The molecule has 6 rings (SSSR count). The third-order valence-electron chi connectivity index (χ3n) is 7.40. The molecule has 0 saturated carbocycles. The number of fused-ring (bicyclic) bond motifs is 3. The first-order valence-corrected chi connectivity index (χ1v) is 11.8. The van der Waals surface area contributed by atoms with Crippen LogP contribution in [0.25, 0.3) is 16.9 Å². The molecule has 0 aliphatic carbocycles. The molecule has 0 amide bonds. The van der Waals surface area contributed by atoms with Crippen LogP contribution < -0.4 is 9.80 Å². The van der Waals surface area contributed by atoms with E-state index in [9.17, 15) is 13.2 Å². The van der Waals surface area contributed by atoms with Crippen molar-refractivity contribution in [2.45, 2.75) is 63.0 Å². The SMILES string of the molecule is [2H]C([2H])([2H])O[C@H]1CCN(c2cc(N3C4CCC3COC4)nc3c2c(C(F)(F)F)nn3-c2ccn[nH]2)[C@H](C)C1. The molecule has 3 aliphatic rings. The number of methoxy groups -OCH3 is 1. The third-order valence-corrected chi connectivity index (χ3v) is 7.40. The highest BCUT2D eigenvalue weighted by Gasteiger charge is 2.43. The number of alkyl halides is 3. The highest BCUT2D eigenvalue weighted by atomic mass is 19.4. The third kappa shape index (κ3) is 3.74. The average molecular weight is 495 g/mol. The number of hydrogen-bond donors (Lipinski definition) is 1. The van der Waals surface area contributed by atoms with Crippen molar-refractivity contribution in [1.29, 1.82) is 0 Å². The van der Waals surface area contributed by atoms with Gasteiger partial charge in [-0.25, -0.2) is 4.98 Å². The van der Waals surface area contributed by atoms with Gasteiger partial charge >= 0.3 is 6.18 Å². The van der Waals surface area contributed by atoms with E-state index in [1.807, 2.05) is 11.8 Å². The van der Waals surface area contributed by atoms with Gasteiger partial charge in [-0.1, -0.05) is 0 Å². The van der Waals surface area contributed by atoms with Crippen molar-refractivity contribution in [2.75, 3.05) is 36.6 Å². The van der Waals surface area contributed by atoms with E-state index < -0.39 is 25.0 Å². The molecule has 9 nitrogen and oxygen atoms in total. The molecular formula is C23H28F3N7O2. The molecule has 3 aromatic rings. The fourth-order valence-electron chi connectivity index (χ4n) is 5.77. The summed E-state index contributed by atoms with van der Waals surface area (Å²) in [5.41, 5.74) is -0.587. The van der Waals surface area contributed by atoms with Gasteiger partial charge in [-0.2, -0.15) is 28.1 Å². The summed E-state index contributed by atoms with van der Waals surface area (Å²) in [6.07, 6.45) is -1.25. The maximum Gasteiger partial charge on any atom is 0.435 e. The monoisotopic (exact) mass is 494 g/mol. The number of morpholine rings is 1. The number of halogens is 3. The lowest BCUT2D eigenvalue weighted by Crippen LogP contribution is -2.47. The summed E-state index contributed by atoms with van der Waals surface area (Å²) in [4.78, 5) is 8.83. The first kappa shape index (κ1) is 19.3. The van der Waals surface area contributed by atoms with Gasteiger partial charge in [0.05, 0.1) is 52.8 Å². The maximum absolute atomic E-state index is 14.4. The Balaban J connectivity index is 1.51. The summed E-state index contributed by atoms with van der Waals surface area (Å²) in [6, 6.07) is 3.17. The van der Waals surface area contributed by atoms with E-state index in [2.05, 4.69) is 20.2 Å². The number of anilines is 2. The molecule has 2 bridgehead atoms. The Bertz CT molecular complexity index is 1300. The van der Waals surface area contributed by atoms with E-state index >= 15 is 0 Å². The summed E-state index contributed by atoms with van der Waals surface area (Å²) in [5, 5.41) is 10.5. The minimum absolute atomic E-state index is 0.0769. The van der Waals surface area contributed by atoms with Gasteiger partial charge in [-0.15, -0.1) is 0 Å². The molecule has 35 heavy (non-hydrogen) atoms. The minimum Gasteiger partial charge on any atom is -0.381 e. The van der Waals surface area contributed by atoms with E-state index in [1.54, 1.807) is 12.1 Å². The molecule has 1 N–H and O–H groups in total. The largest absolute Gasteiger partial charge is 0.435 e. The number of aromatic amines is 1. The quantitative estimate of drug-likeness (QED) is 0.594. The second-order valence-electron chi connectivity index (χ2n) is 9.53. The van der Waals surface area contributed by atoms with Crippen molar-refractivity contribution in [1.82, 2.24) is 25.0 Å². The predicted octanol–water partition coefficient (Wildman–Crippen LogP) is 3.53. The number of piperidine rings is 1. The van der Waals surface area contributed by atoms with Crippen molar-refractivity contribution in [2.24, 2.45) is 0 Å². The lowest BCUT2D eigenvalue weighted by atomic mass is 9.99. The second kappa shape index (κ2) is 8.37. The topological polar surface area (TPSA) is 84.3 Å². The van der Waals surface area contributed by atoms with Crippen LogP contribution in [0, 0.1) is 0 Å². The van der Waals surface area contributed by atoms with Gasteiger partial charge < -0.3 is 19.3 Å². The van der Waals surface area contributed by atoms with Gasteiger partial charge in [0.1, 0.15) is 5.82 Å². The van der Waals surface area contributed by atoms with E-state index in [4.69, 9.17) is 18.6 Å². The Kier molecular flexibility index (Phi) is 4.63. The van der Waals surface area contributed by atoms with Crippen molar-refractivity contribution in [3.8, 4) is 5.82 Å². The van der Waals surface area contributed by atoms with Gasteiger partial charge in [-0.3, -0.25) is 5.10 Å². The summed E-state index contributed by atoms with van der Waals surface area (Å²) in [7, 11) is -2.53. The Hall–Kier alpha value is -2.86. The highest BCUT2D eigenvalue weighted by molar-refractivity contribution is 5.95. The summed E-state index contributed by atoms with van der Waals surface area (Å²) in [5.74, 6) is 0.842. The van der Waals surface area contributed by atoms with Gasteiger partial charge in [0, 0.05) is 31.8 Å². The van der Waals surface area contributed by atoms with Gasteiger partial charge in [-0.05, 0) is 32.6 Å². The molecular weight excluding hydrogens is 463 g/mol. The molecule has 0 radical (unpaired) electrons. The van der Waals surface area contributed by atoms with Crippen LogP contribution in [0.1, 0.15) is 42.4 Å². The molecule has 188 valence electrons. The van der Waals surface area contributed by atoms with Crippen LogP contribution in [0.3, 0.4) is 0 Å². The molecule has 0 aromatic carbocycles. The van der Waals surface area contributed by atoms with Crippen LogP contribution in [0.5, 0.6) is 0 Å². The molecule has 12 heteroatoms. The average Bonchev–Trinajstić information content (AvgIpc) is 3.54. The van der Waals surface area contributed by atoms with Crippen molar-refractivity contribution in [3.05, 3.63) is 24.0 Å². The zero-order valence-corrected chi connectivity index (χ0v) is 19.1. The Morgan fingerprint density at radius 1 is 1.23 bits per heavy atom. The standard InChI is InChI=1S/C23H28F3N7O2/c1-13-9-16(34-2)6-8-31(13)17-10-19(32-14-3-4-15(32)12-35-11-14)28-22-20(17)21(23(24,25)26)30-33(22)18-5-7-27-29-18/h5,7,10,13-16H,3-4,6,8-9,11-12H2,1-2H3,(H,27,29)/t13-,14?,15?,16+/m1/s1/i2D3. The van der Waals surface area contributed by atoms with Crippen LogP contribution in [0.2, 0.25) is 0 Å². The maximum atomic E-state index is 14.4. The summed E-state index contributed by atoms with van der Waals surface area (Å²) >= 11 is 0. The van der Waals surface area contributed by atoms with E-state index in [1.165, 1.54) is 6.20 Å². The number of ether oxygens (including phenoxy) is 2. The zero-order chi connectivity index (χ0) is 26.8. The summed E-state index contributed by atoms with van der Waals surface area (Å²) in [6.45, 7) is 3.26. The number of hydrogen-bond acceptors (Lipinski definition) is 7. The molecule has 6 heterocycles. The van der Waals surface area contributed by atoms with Crippen LogP contribution in [0.15, 0.2) is 18.3 Å². The molecule has 2 unspecified atom stereocenters. The lowest BCUT2D eigenvalue weighted by molar-refractivity contribution is -0.140. The molecule has 3 aliphatic heterocycles. The number of nitrogens with zero attached hydrogens (tertiary/aromatic N) is 6. The van der Waals surface area contributed by atoms with Crippen molar-refractivity contribution >= 4 is 22.5 Å². The minimum atomic E-state index is -4.73. The fraction of sp³-hybridized carbons (Fsp3) is 0.609. The molecule has 4 atom stereocenters. The fourth-order valence-corrected chi connectivity index (χ4v) is 5.77. The van der Waals surface area contributed by atoms with Crippen molar-refractivity contribution < 1.29 is 26.8 Å². The Morgan fingerprint density at radius 2 is 2.03 bits per heavy atom. The summed E-state index contributed by atoms with van der Waals surface area (Å²) < 4.78 is 77.6. The number of H-pyrrole nitrogens is 1. The lowest BCUT2D eigenvalue weighted by Gasteiger charge is -2.40. The van der Waals surface area contributed by atoms with E-state index in [0.29, 0.717) is 44.1 Å². The second-order valence-corrected chi connectivity index (χ2v) is 9.53. The Labute approximate surface area is 204 Å². The van der Waals surface area contributed by atoms with Crippen LogP contribution in [0.4, 0.5) is 24.7 Å². The molecule has 3 saturated heterocycles. The van der Waals surface area contributed by atoms with Crippen LogP contribution in [-0.4, -0.2) is 76.0 Å². The number of pyridine rings is 1. The van der Waals surface area contributed by atoms with Gasteiger partial charge in [0.25, 0.3) is 0 Å². The van der Waals surface area contributed by atoms with Crippen molar-refractivity contribution in [3.63, 3.8) is 0 Å². The first-order valence-electron chi connectivity index (χ1n) is 13.3. The zero-order valence-electron chi connectivity index (χ0n) is 22.1. The molecule has 3 aromatic heterocycles.